The molecule has 1 amide bonds. The zero-order valence-corrected chi connectivity index (χ0v) is 18.1. The number of aromatic nitrogens is 1. The van der Waals surface area contributed by atoms with Gasteiger partial charge in [0.05, 0.1) is 0 Å². The van der Waals surface area contributed by atoms with E-state index in [1.165, 1.54) is 22.5 Å². The predicted octanol–water partition coefficient (Wildman–Crippen LogP) is 4.67. The summed E-state index contributed by atoms with van der Waals surface area (Å²) < 4.78 is 5.13. The average molecular weight is 423 g/mol. The first-order valence-corrected chi connectivity index (χ1v) is 11.0. The molecule has 0 unspecified atom stereocenters. The first-order chi connectivity index (χ1) is 14.5. The SMILES string of the molecule is CCc1ccc(-c2nc(C(=O)OCC(=O)N[C@H](C)CCc3ccccc3)cs2)cc1. The van der Waals surface area contributed by atoms with Crippen LogP contribution >= 0.6 is 11.3 Å². The van der Waals surface area contributed by atoms with Crippen molar-refractivity contribution in [3.8, 4) is 10.6 Å². The molecule has 0 saturated carbocycles. The first-order valence-electron chi connectivity index (χ1n) is 10.1. The van der Waals surface area contributed by atoms with Crippen molar-refractivity contribution in [2.45, 2.75) is 39.2 Å². The van der Waals surface area contributed by atoms with Gasteiger partial charge in [0, 0.05) is 17.0 Å². The number of esters is 1. The van der Waals surface area contributed by atoms with Crippen LogP contribution in [-0.2, 0) is 22.4 Å². The van der Waals surface area contributed by atoms with Gasteiger partial charge in [-0.15, -0.1) is 11.3 Å². The Hall–Kier alpha value is -2.99. The van der Waals surface area contributed by atoms with Gasteiger partial charge >= 0.3 is 5.97 Å². The van der Waals surface area contributed by atoms with E-state index in [1.54, 1.807) is 5.38 Å². The van der Waals surface area contributed by atoms with Crippen LogP contribution in [0.1, 0.15) is 41.9 Å². The quantitative estimate of drug-likeness (QED) is 0.509. The third kappa shape index (κ3) is 6.26. The van der Waals surface area contributed by atoms with E-state index in [2.05, 4.69) is 41.5 Å². The van der Waals surface area contributed by atoms with Gasteiger partial charge in [-0.1, -0.05) is 61.5 Å². The molecule has 156 valence electrons. The molecular formula is C24H26N2O3S. The minimum absolute atomic E-state index is 0.00613. The monoisotopic (exact) mass is 422 g/mol. The Labute approximate surface area is 181 Å². The van der Waals surface area contributed by atoms with E-state index in [4.69, 9.17) is 4.74 Å². The number of amides is 1. The summed E-state index contributed by atoms with van der Waals surface area (Å²) in [7, 11) is 0. The summed E-state index contributed by atoms with van der Waals surface area (Å²) in [4.78, 5) is 28.7. The second-order valence-corrected chi connectivity index (χ2v) is 8.02. The van der Waals surface area contributed by atoms with E-state index in [0.29, 0.717) is 0 Å². The molecule has 0 aliphatic carbocycles. The van der Waals surface area contributed by atoms with Crippen LogP contribution in [-0.4, -0.2) is 29.5 Å². The standard InChI is InChI=1S/C24H26N2O3S/c1-3-18-11-13-20(14-12-18)23-26-21(16-30-23)24(28)29-15-22(27)25-17(2)9-10-19-7-5-4-6-8-19/h4-8,11-14,16-17H,3,9-10,15H2,1-2H3,(H,25,27)/t17-/m1/s1. The molecule has 6 heteroatoms. The predicted molar refractivity (Wildman–Crippen MR) is 120 cm³/mol. The number of nitrogens with one attached hydrogen (secondary N) is 1. The number of rotatable bonds is 9. The van der Waals surface area contributed by atoms with Crippen LogP contribution in [0, 0.1) is 0 Å². The molecular weight excluding hydrogens is 396 g/mol. The van der Waals surface area contributed by atoms with Crippen LogP contribution in [0.2, 0.25) is 0 Å². The fraction of sp³-hybridized carbons (Fsp3) is 0.292. The molecule has 0 radical (unpaired) electrons. The van der Waals surface area contributed by atoms with Crippen LogP contribution < -0.4 is 5.32 Å². The van der Waals surface area contributed by atoms with Gasteiger partial charge in [-0.3, -0.25) is 4.79 Å². The van der Waals surface area contributed by atoms with Crippen molar-refractivity contribution in [1.29, 1.82) is 0 Å². The van der Waals surface area contributed by atoms with Gasteiger partial charge in [-0.25, -0.2) is 9.78 Å². The van der Waals surface area contributed by atoms with Gasteiger partial charge in [0.25, 0.3) is 5.91 Å². The number of benzene rings is 2. The molecule has 0 bridgehead atoms. The average Bonchev–Trinajstić information content (AvgIpc) is 3.27. The topological polar surface area (TPSA) is 68.3 Å². The molecule has 3 aromatic rings. The van der Waals surface area contributed by atoms with E-state index < -0.39 is 5.97 Å². The van der Waals surface area contributed by atoms with Crippen LogP contribution in [0.25, 0.3) is 10.6 Å². The van der Waals surface area contributed by atoms with Gasteiger partial charge in [0.1, 0.15) is 5.01 Å². The van der Waals surface area contributed by atoms with Gasteiger partial charge in [-0.2, -0.15) is 0 Å². The van der Waals surface area contributed by atoms with Crippen LogP contribution in [0.3, 0.4) is 0 Å². The highest BCUT2D eigenvalue weighted by Crippen LogP contribution is 2.24. The Bertz CT molecular complexity index is 968. The highest BCUT2D eigenvalue weighted by atomic mass is 32.1. The minimum Gasteiger partial charge on any atom is -0.451 e. The number of thiazole rings is 1. The van der Waals surface area contributed by atoms with Crippen LogP contribution in [0.5, 0.6) is 0 Å². The van der Waals surface area contributed by atoms with E-state index in [0.717, 1.165) is 29.8 Å². The van der Waals surface area contributed by atoms with Crippen molar-refractivity contribution in [1.82, 2.24) is 10.3 Å². The highest BCUT2D eigenvalue weighted by molar-refractivity contribution is 7.13. The van der Waals surface area contributed by atoms with Gasteiger partial charge < -0.3 is 10.1 Å². The molecule has 1 aromatic heterocycles. The summed E-state index contributed by atoms with van der Waals surface area (Å²) in [6, 6.07) is 18.2. The Morgan fingerprint density at radius 1 is 1.07 bits per heavy atom. The van der Waals surface area contributed by atoms with Crippen molar-refractivity contribution in [2.75, 3.05) is 6.61 Å². The summed E-state index contributed by atoms with van der Waals surface area (Å²) in [5, 5.41) is 5.28. The number of nitrogens with zero attached hydrogens (tertiary/aromatic N) is 1. The number of hydrogen-bond acceptors (Lipinski definition) is 5. The summed E-state index contributed by atoms with van der Waals surface area (Å²) in [6.45, 7) is 3.73. The fourth-order valence-electron chi connectivity index (χ4n) is 3.00. The molecule has 0 aliphatic heterocycles. The molecule has 0 fully saturated rings. The van der Waals surface area contributed by atoms with E-state index in [9.17, 15) is 9.59 Å². The van der Waals surface area contributed by atoms with Crippen molar-refractivity contribution >= 4 is 23.2 Å². The lowest BCUT2D eigenvalue weighted by molar-refractivity contribution is -0.124. The van der Waals surface area contributed by atoms with E-state index in [1.807, 2.05) is 37.3 Å². The van der Waals surface area contributed by atoms with E-state index >= 15 is 0 Å². The second-order valence-electron chi connectivity index (χ2n) is 7.16. The summed E-state index contributed by atoms with van der Waals surface area (Å²) in [5.41, 5.74) is 3.66. The van der Waals surface area contributed by atoms with Gasteiger partial charge in [0.15, 0.2) is 12.3 Å². The number of hydrogen-bond donors (Lipinski definition) is 1. The smallest absolute Gasteiger partial charge is 0.358 e. The summed E-state index contributed by atoms with van der Waals surface area (Å²) in [6.07, 6.45) is 2.67. The maximum Gasteiger partial charge on any atom is 0.358 e. The number of aryl methyl sites for hydroxylation is 2. The molecule has 1 heterocycles. The third-order valence-corrected chi connectivity index (χ3v) is 5.66. The molecule has 0 saturated heterocycles. The number of carbonyl (C=O) groups is 2. The maximum absolute atomic E-state index is 12.2. The second kappa shape index (κ2) is 10.7. The molecule has 0 spiro atoms. The zero-order valence-electron chi connectivity index (χ0n) is 17.3. The zero-order chi connectivity index (χ0) is 21.3. The Kier molecular flexibility index (Phi) is 7.74. The van der Waals surface area contributed by atoms with Crippen molar-refractivity contribution in [3.05, 3.63) is 76.8 Å². The third-order valence-electron chi connectivity index (χ3n) is 4.77. The Balaban J connectivity index is 1.44. The lowest BCUT2D eigenvalue weighted by Crippen LogP contribution is -2.36. The van der Waals surface area contributed by atoms with Crippen molar-refractivity contribution in [3.63, 3.8) is 0 Å². The Morgan fingerprint density at radius 3 is 2.50 bits per heavy atom. The van der Waals surface area contributed by atoms with Crippen molar-refractivity contribution in [2.24, 2.45) is 0 Å². The largest absolute Gasteiger partial charge is 0.451 e. The number of ether oxygens (including phenoxy) is 1. The lowest BCUT2D eigenvalue weighted by atomic mass is 10.1. The Morgan fingerprint density at radius 2 is 1.80 bits per heavy atom. The van der Waals surface area contributed by atoms with Crippen LogP contribution in [0.15, 0.2) is 60.0 Å². The molecule has 1 N–H and O–H groups in total. The summed E-state index contributed by atoms with van der Waals surface area (Å²) in [5.74, 6) is -0.899. The maximum atomic E-state index is 12.2. The molecule has 5 nitrogen and oxygen atoms in total. The summed E-state index contributed by atoms with van der Waals surface area (Å²) >= 11 is 1.38. The highest BCUT2D eigenvalue weighted by Gasteiger charge is 2.16. The van der Waals surface area contributed by atoms with E-state index in [-0.39, 0.29) is 24.2 Å². The van der Waals surface area contributed by atoms with Crippen LogP contribution in [0.4, 0.5) is 0 Å². The molecule has 30 heavy (non-hydrogen) atoms. The molecule has 2 aromatic carbocycles. The number of carbonyl (C=O) groups excluding carboxylic acids is 2. The molecule has 0 aliphatic rings. The first kappa shape index (κ1) is 21.7. The normalized spacial score (nSPS) is 11.7. The fourth-order valence-corrected chi connectivity index (χ4v) is 3.80. The van der Waals surface area contributed by atoms with Crippen molar-refractivity contribution < 1.29 is 14.3 Å². The molecule has 3 rings (SSSR count). The van der Waals surface area contributed by atoms with Gasteiger partial charge in [-0.05, 0) is 37.3 Å². The van der Waals surface area contributed by atoms with Gasteiger partial charge in [0.2, 0.25) is 0 Å². The molecule has 1 atom stereocenters. The lowest BCUT2D eigenvalue weighted by Gasteiger charge is -2.13. The minimum atomic E-state index is -0.588.